The number of rotatable bonds is 2. The molecule has 1 aliphatic rings. The molecule has 0 amide bonds. The summed E-state index contributed by atoms with van der Waals surface area (Å²) < 4.78 is 0. The molecule has 1 heterocycles. The predicted molar refractivity (Wildman–Crippen MR) is 73.9 cm³/mol. The molecule has 17 heavy (non-hydrogen) atoms. The van der Waals surface area contributed by atoms with Crippen molar-refractivity contribution in [3.8, 4) is 0 Å². The molecule has 94 valence electrons. The molecule has 1 fully saturated rings. The van der Waals surface area contributed by atoms with Gasteiger partial charge in [-0.2, -0.15) is 0 Å². The Morgan fingerprint density at radius 3 is 2.82 bits per heavy atom. The van der Waals surface area contributed by atoms with Crippen LogP contribution in [0.4, 0.5) is 5.82 Å². The topological polar surface area (TPSA) is 24.9 Å². The average molecular weight is 273 g/mol. The van der Waals surface area contributed by atoms with Crippen molar-refractivity contribution in [1.82, 2.24) is 4.98 Å². The van der Waals surface area contributed by atoms with Crippen molar-refractivity contribution in [2.24, 2.45) is 5.41 Å². The highest BCUT2D eigenvalue weighted by Crippen LogP contribution is 2.36. The molecule has 0 radical (unpaired) electrons. The van der Waals surface area contributed by atoms with Crippen LogP contribution < -0.4 is 5.32 Å². The van der Waals surface area contributed by atoms with Crippen LogP contribution in [-0.4, -0.2) is 11.0 Å². The van der Waals surface area contributed by atoms with E-state index in [1.54, 1.807) is 12.3 Å². The third-order valence-corrected chi connectivity index (χ3v) is 3.85. The first kappa shape index (κ1) is 13.0. The first-order chi connectivity index (χ1) is 7.96. The minimum Gasteiger partial charge on any atom is -0.366 e. The van der Waals surface area contributed by atoms with E-state index in [4.69, 9.17) is 23.2 Å². The van der Waals surface area contributed by atoms with E-state index in [0.717, 1.165) is 12.2 Å². The van der Waals surface area contributed by atoms with Crippen LogP contribution in [0.1, 0.15) is 39.5 Å². The van der Waals surface area contributed by atoms with Gasteiger partial charge in [-0.15, -0.1) is 0 Å². The number of nitrogens with zero attached hydrogens (tertiary/aromatic N) is 1. The minimum atomic E-state index is 0.412. The van der Waals surface area contributed by atoms with E-state index in [2.05, 4.69) is 24.1 Å². The molecule has 1 aromatic heterocycles. The molecule has 0 aromatic carbocycles. The van der Waals surface area contributed by atoms with Gasteiger partial charge in [0, 0.05) is 12.2 Å². The number of aromatic nitrogens is 1. The van der Waals surface area contributed by atoms with Crippen LogP contribution in [0.25, 0.3) is 0 Å². The first-order valence-electron chi connectivity index (χ1n) is 6.04. The molecular weight excluding hydrogens is 255 g/mol. The van der Waals surface area contributed by atoms with Gasteiger partial charge in [-0.3, -0.25) is 0 Å². The number of halogens is 2. The highest BCUT2D eigenvalue weighted by atomic mass is 35.5. The van der Waals surface area contributed by atoms with Gasteiger partial charge in [0.1, 0.15) is 5.82 Å². The van der Waals surface area contributed by atoms with Crippen molar-refractivity contribution in [2.75, 3.05) is 5.32 Å². The van der Waals surface area contributed by atoms with Crippen molar-refractivity contribution in [1.29, 1.82) is 0 Å². The lowest BCUT2D eigenvalue weighted by atomic mass is 9.75. The maximum Gasteiger partial charge on any atom is 0.145 e. The molecule has 2 rings (SSSR count). The summed E-state index contributed by atoms with van der Waals surface area (Å²) in [5.41, 5.74) is 0.412. The van der Waals surface area contributed by atoms with Gasteiger partial charge in [0.2, 0.25) is 0 Å². The van der Waals surface area contributed by atoms with Gasteiger partial charge >= 0.3 is 0 Å². The van der Waals surface area contributed by atoms with Crippen molar-refractivity contribution in [2.45, 2.75) is 45.6 Å². The van der Waals surface area contributed by atoms with E-state index >= 15 is 0 Å². The third-order valence-electron chi connectivity index (χ3n) is 3.35. The Morgan fingerprint density at radius 2 is 2.18 bits per heavy atom. The summed E-state index contributed by atoms with van der Waals surface area (Å²) in [6.07, 6.45) is 6.53. The molecule has 1 saturated carbocycles. The number of hydrogen-bond acceptors (Lipinski definition) is 2. The molecular formula is C13H18Cl2N2. The Bertz CT molecular complexity index is 404. The van der Waals surface area contributed by atoms with Crippen molar-refractivity contribution >= 4 is 29.0 Å². The van der Waals surface area contributed by atoms with Gasteiger partial charge in [-0.25, -0.2) is 4.98 Å². The summed E-state index contributed by atoms with van der Waals surface area (Å²) in [6, 6.07) is 2.19. The summed E-state index contributed by atoms with van der Waals surface area (Å²) >= 11 is 11.9. The molecule has 0 aliphatic heterocycles. The fourth-order valence-corrected chi connectivity index (χ4v) is 2.97. The molecule has 1 aromatic rings. The lowest BCUT2D eigenvalue weighted by Crippen LogP contribution is -2.32. The predicted octanol–water partition coefficient (Wildman–Crippen LogP) is 4.77. The Kier molecular flexibility index (Phi) is 3.84. The van der Waals surface area contributed by atoms with E-state index in [9.17, 15) is 0 Å². The quantitative estimate of drug-likeness (QED) is 0.839. The highest BCUT2D eigenvalue weighted by Gasteiger charge is 2.28. The molecule has 1 unspecified atom stereocenters. The van der Waals surface area contributed by atoms with Crippen LogP contribution in [-0.2, 0) is 0 Å². The van der Waals surface area contributed by atoms with Gasteiger partial charge in [0.15, 0.2) is 0 Å². The second-order valence-corrected chi connectivity index (χ2v) is 6.43. The monoisotopic (exact) mass is 272 g/mol. The van der Waals surface area contributed by atoms with E-state index in [1.807, 2.05) is 0 Å². The van der Waals surface area contributed by atoms with Crippen molar-refractivity contribution in [3.05, 3.63) is 22.3 Å². The zero-order chi connectivity index (χ0) is 12.5. The summed E-state index contributed by atoms with van der Waals surface area (Å²) in [7, 11) is 0. The van der Waals surface area contributed by atoms with E-state index in [-0.39, 0.29) is 0 Å². The SMILES string of the molecule is CC1(C)CCCC(Nc2ncc(Cl)cc2Cl)C1. The number of nitrogens with one attached hydrogen (secondary N) is 1. The van der Waals surface area contributed by atoms with Crippen LogP contribution in [0, 0.1) is 5.41 Å². The Labute approximate surface area is 113 Å². The van der Waals surface area contributed by atoms with Crippen LogP contribution in [0.15, 0.2) is 12.3 Å². The number of hydrogen-bond donors (Lipinski definition) is 1. The summed E-state index contributed by atoms with van der Waals surface area (Å²) in [5, 5.41) is 4.60. The van der Waals surface area contributed by atoms with Gasteiger partial charge in [0.25, 0.3) is 0 Å². The van der Waals surface area contributed by atoms with E-state index in [1.165, 1.54) is 19.3 Å². The minimum absolute atomic E-state index is 0.412. The van der Waals surface area contributed by atoms with E-state index < -0.39 is 0 Å². The van der Waals surface area contributed by atoms with Crippen LogP contribution in [0.3, 0.4) is 0 Å². The largest absolute Gasteiger partial charge is 0.366 e. The smallest absolute Gasteiger partial charge is 0.145 e. The molecule has 0 saturated heterocycles. The zero-order valence-corrected chi connectivity index (χ0v) is 11.8. The summed E-state index contributed by atoms with van der Waals surface area (Å²) in [5.74, 6) is 0.749. The van der Waals surface area contributed by atoms with Gasteiger partial charge in [-0.1, -0.05) is 43.5 Å². The molecule has 1 aliphatic carbocycles. The van der Waals surface area contributed by atoms with Crippen LogP contribution in [0.5, 0.6) is 0 Å². The number of anilines is 1. The van der Waals surface area contributed by atoms with E-state index in [0.29, 0.717) is 21.5 Å². The lowest BCUT2D eigenvalue weighted by Gasteiger charge is -2.35. The fourth-order valence-electron chi connectivity index (χ4n) is 2.54. The molecule has 2 nitrogen and oxygen atoms in total. The maximum atomic E-state index is 6.11. The Morgan fingerprint density at radius 1 is 1.41 bits per heavy atom. The Balaban J connectivity index is 2.05. The molecule has 0 bridgehead atoms. The summed E-state index contributed by atoms with van der Waals surface area (Å²) in [6.45, 7) is 4.63. The van der Waals surface area contributed by atoms with Gasteiger partial charge < -0.3 is 5.32 Å². The van der Waals surface area contributed by atoms with Crippen LogP contribution in [0.2, 0.25) is 10.0 Å². The molecule has 1 N–H and O–H groups in total. The third kappa shape index (κ3) is 3.49. The molecule has 1 atom stereocenters. The average Bonchev–Trinajstić information content (AvgIpc) is 2.21. The van der Waals surface area contributed by atoms with Gasteiger partial charge in [0.05, 0.1) is 10.0 Å². The molecule has 0 spiro atoms. The zero-order valence-electron chi connectivity index (χ0n) is 10.3. The fraction of sp³-hybridized carbons (Fsp3) is 0.615. The van der Waals surface area contributed by atoms with Crippen molar-refractivity contribution < 1.29 is 0 Å². The Hall–Kier alpha value is -0.470. The van der Waals surface area contributed by atoms with Crippen LogP contribution >= 0.6 is 23.2 Å². The lowest BCUT2D eigenvalue weighted by molar-refractivity contribution is 0.229. The summed E-state index contributed by atoms with van der Waals surface area (Å²) in [4.78, 5) is 4.24. The van der Waals surface area contributed by atoms with Gasteiger partial charge in [-0.05, 0) is 30.7 Å². The number of pyridine rings is 1. The normalized spacial score (nSPS) is 23.4. The standard InChI is InChI=1S/C13H18Cl2N2/c1-13(2)5-3-4-10(7-13)17-12-11(15)6-9(14)8-16-12/h6,8,10H,3-5,7H2,1-2H3,(H,16,17). The second-order valence-electron chi connectivity index (χ2n) is 5.59. The van der Waals surface area contributed by atoms with Crippen molar-refractivity contribution in [3.63, 3.8) is 0 Å². The maximum absolute atomic E-state index is 6.11. The first-order valence-corrected chi connectivity index (χ1v) is 6.79. The highest BCUT2D eigenvalue weighted by molar-refractivity contribution is 6.35. The molecule has 4 heteroatoms. The second kappa shape index (κ2) is 5.03.